The summed E-state index contributed by atoms with van der Waals surface area (Å²) in [6, 6.07) is 0. The van der Waals surface area contributed by atoms with Crippen LogP contribution in [0, 0.1) is 0 Å². The van der Waals surface area contributed by atoms with Gasteiger partial charge in [0, 0.05) is 0 Å². The maximum absolute atomic E-state index is 9.97. The molecule has 0 aromatic rings. The summed E-state index contributed by atoms with van der Waals surface area (Å²) in [5, 5.41) is 0.802. The molecule has 0 heterocycles. The van der Waals surface area contributed by atoms with Crippen LogP contribution in [0.2, 0.25) is 0 Å². The van der Waals surface area contributed by atoms with Gasteiger partial charge in [0.2, 0.25) is 0 Å². The van der Waals surface area contributed by atoms with Crippen molar-refractivity contribution in [3.05, 3.63) is 11.5 Å². The standard InChI is InChI=1S/C5H10O3S.2Na.2H/c1-2-3-4-5-9(6,7)8;;;;/h4-5H,2-3H2,1H3,(H,6,7,8);;;;. The fourth-order valence-corrected chi connectivity index (χ4v) is 0.736. The van der Waals surface area contributed by atoms with Crippen molar-refractivity contribution in [2.45, 2.75) is 19.8 Å². The van der Waals surface area contributed by atoms with Gasteiger partial charge in [0.25, 0.3) is 10.1 Å². The van der Waals surface area contributed by atoms with Gasteiger partial charge in [0.1, 0.15) is 0 Å². The van der Waals surface area contributed by atoms with E-state index in [0.717, 1.165) is 11.8 Å². The summed E-state index contributed by atoms with van der Waals surface area (Å²) in [4.78, 5) is 0. The van der Waals surface area contributed by atoms with Crippen molar-refractivity contribution >= 4 is 69.2 Å². The van der Waals surface area contributed by atoms with E-state index in [4.69, 9.17) is 4.55 Å². The number of unbranched alkanes of at least 4 members (excludes halogenated alkanes) is 1. The minimum atomic E-state index is -3.88. The Kier molecular flexibility index (Phi) is 16.3. The van der Waals surface area contributed by atoms with E-state index in [1.165, 1.54) is 6.08 Å². The average molecular weight is 198 g/mol. The first-order valence-corrected chi connectivity index (χ1v) is 4.20. The topological polar surface area (TPSA) is 54.4 Å². The van der Waals surface area contributed by atoms with Gasteiger partial charge in [-0.05, 0) is 6.42 Å². The molecule has 0 unspecified atom stereocenters. The molecule has 0 amide bonds. The number of hydrogen-bond acceptors (Lipinski definition) is 2. The van der Waals surface area contributed by atoms with E-state index in [1.807, 2.05) is 6.92 Å². The van der Waals surface area contributed by atoms with E-state index in [1.54, 1.807) is 0 Å². The second-order valence-electron chi connectivity index (χ2n) is 1.68. The van der Waals surface area contributed by atoms with Gasteiger partial charge in [0.05, 0.1) is 5.41 Å². The second kappa shape index (κ2) is 9.74. The zero-order chi connectivity index (χ0) is 7.33. The fraction of sp³-hybridized carbons (Fsp3) is 0.600. The van der Waals surface area contributed by atoms with Crippen LogP contribution in [0.5, 0.6) is 0 Å². The molecular formula is C5H12Na2O3S. The van der Waals surface area contributed by atoms with Gasteiger partial charge in [-0.2, -0.15) is 8.42 Å². The molecule has 0 atom stereocenters. The molecule has 0 aromatic heterocycles. The van der Waals surface area contributed by atoms with Crippen LogP contribution in [-0.4, -0.2) is 72.1 Å². The van der Waals surface area contributed by atoms with E-state index in [9.17, 15) is 8.42 Å². The third-order valence-corrected chi connectivity index (χ3v) is 1.26. The molecule has 0 fully saturated rings. The fourth-order valence-electron chi connectivity index (χ4n) is 0.356. The van der Waals surface area contributed by atoms with Crippen molar-refractivity contribution < 1.29 is 13.0 Å². The summed E-state index contributed by atoms with van der Waals surface area (Å²) in [6.07, 6.45) is 2.99. The van der Waals surface area contributed by atoms with Crippen molar-refractivity contribution in [1.29, 1.82) is 0 Å². The van der Waals surface area contributed by atoms with E-state index in [0.29, 0.717) is 6.42 Å². The molecule has 6 heteroatoms. The Morgan fingerprint density at radius 1 is 1.36 bits per heavy atom. The summed E-state index contributed by atoms with van der Waals surface area (Å²) in [5.41, 5.74) is 0. The predicted octanol–water partition coefficient (Wildman–Crippen LogP) is -0.109. The number of allylic oxidation sites excluding steroid dienone is 1. The summed E-state index contributed by atoms with van der Waals surface area (Å²) in [5.74, 6) is 0. The maximum atomic E-state index is 9.97. The van der Waals surface area contributed by atoms with Crippen molar-refractivity contribution in [2.75, 3.05) is 0 Å². The van der Waals surface area contributed by atoms with Gasteiger partial charge in [-0.15, -0.1) is 0 Å². The summed E-state index contributed by atoms with van der Waals surface area (Å²) in [6.45, 7) is 1.92. The molecule has 58 valence electrons. The second-order valence-corrected chi connectivity index (χ2v) is 2.98. The summed E-state index contributed by atoms with van der Waals surface area (Å²) >= 11 is 0. The van der Waals surface area contributed by atoms with Gasteiger partial charge in [0.15, 0.2) is 0 Å². The van der Waals surface area contributed by atoms with Crippen LogP contribution in [-0.2, 0) is 10.1 Å². The van der Waals surface area contributed by atoms with Crippen LogP contribution in [0.25, 0.3) is 0 Å². The van der Waals surface area contributed by atoms with Crippen molar-refractivity contribution in [1.82, 2.24) is 0 Å². The van der Waals surface area contributed by atoms with Gasteiger partial charge < -0.3 is 0 Å². The Balaban J connectivity index is -0.000000320. The molecule has 0 aliphatic carbocycles. The van der Waals surface area contributed by atoms with Crippen LogP contribution < -0.4 is 0 Å². The minimum absolute atomic E-state index is 0. The zero-order valence-electron chi connectivity index (χ0n) is 5.24. The number of hydrogen-bond donors (Lipinski definition) is 1. The molecule has 0 saturated carbocycles. The van der Waals surface area contributed by atoms with Crippen LogP contribution in [0.1, 0.15) is 19.8 Å². The monoisotopic (exact) mass is 198 g/mol. The molecule has 0 radical (unpaired) electrons. The van der Waals surface area contributed by atoms with E-state index in [2.05, 4.69) is 0 Å². The van der Waals surface area contributed by atoms with E-state index < -0.39 is 10.1 Å². The van der Waals surface area contributed by atoms with Crippen molar-refractivity contribution in [3.8, 4) is 0 Å². The molecular weight excluding hydrogens is 186 g/mol. The third kappa shape index (κ3) is 18.5. The summed E-state index contributed by atoms with van der Waals surface area (Å²) < 4.78 is 28.1. The van der Waals surface area contributed by atoms with Crippen LogP contribution in [0.15, 0.2) is 11.5 Å². The first kappa shape index (κ1) is 18.4. The SMILES string of the molecule is CCCC=CS(=O)(=O)O.[NaH].[NaH]. The molecule has 3 nitrogen and oxygen atoms in total. The molecule has 0 spiro atoms. The number of rotatable bonds is 3. The molecule has 0 aromatic carbocycles. The summed E-state index contributed by atoms with van der Waals surface area (Å²) in [7, 11) is -3.88. The van der Waals surface area contributed by atoms with E-state index >= 15 is 0 Å². The molecule has 0 saturated heterocycles. The third-order valence-electron chi connectivity index (χ3n) is 0.724. The van der Waals surface area contributed by atoms with Crippen LogP contribution >= 0.6 is 0 Å². The Bertz CT molecular complexity index is 186. The first-order valence-electron chi connectivity index (χ1n) is 2.70. The Morgan fingerprint density at radius 2 is 1.82 bits per heavy atom. The van der Waals surface area contributed by atoms with Gasteiger partial charge in [-0.1, -0.05) is 19.4 Å². The molecule has 0 bridgehead atoms. The van der Waals surface area contributed by atoms with Gasteiger partial charge in [-0.25, -0.2) is 0 Å². The van der Waals surface area contributed by atoms with Crippen molar-refractivity contribution in [2.24, 2.45) is 0 Å². The Labute approximate surface area is 112 Å². The van der Waals surface area contributed by atoms with E-state index in [-0.39, 0.29) is 59.1 Å². The van der Waals surface area contributed by atoms with Crippen LogP contribution in [0.3, 0.4) is 0 Å². The van der Waals surface area contributed by atoms with Gasteiger partial charge in [-0.3, -0.25) is 4.55 Å². The zero-order valence-corrected chi connectivity index (χ0v) is 6.06. The van der Waals surface area contributed by atoms with Gasteiger partial charge >= 0.3 is 59.1 Å². The quantitative estimate of drug-likeness (QED) is 0.508. The normalized spacial score (nSPS) is 10.4. The first-order chi connectivity index (χ1) is 4.06. The van der Waals surface area contributed by atoms with Crippen LogP contribution in [0.4, 0.5) is 0 Å². The Morgan fingerprint density at radius 3 is 2.09 bits per heavy atom. The Hall–Kier alpha value is 1.65. The predicted molar refractivity (Wildman–Crippen MR) is 49.9 cm³/mol. The molecule has 11 heavy (non-hydrogen) atoms. The van der Waals surface area contributed by atoms with Crippen molar-refractivity contribution in [3.63, 3.8) is 0 Å². The molecule has 0 aliphatic heterocycles. The molecule has 0 aliphatic rings. The molecule has 0 rings (SSSR count). The molecule has 1 N–H and O–H groups in total. The average Bonchev–Trinajstić information content (AvgIpc) is 1.63.